The Hall–Kier alpha value is -2.73. The minimum absolute atomic E-state index is 0.326. The zero-order valence-electron chi connectivity index (χ0n) is 15.8. The number of aromatic nitrogens is 1. The Balaban J connectivity index is 1.93. The maximum atomic E-state index is 12.8. The number of nitrogens with zero attached hydrogens (tertiary/aromatic N) is 1. The van der Waals surface area contributed by atoms with E-state index >= 15 is 0 Å². The molecule has 6 heteroatoms. The lowest BCUT2D eigenvalue weighted by Crippen LogP contribution is -2.46. The first-order valence-electron chi connectivity index (χ1n) is 8.71. The molecule has 3 rings (SSSR count). The van der Waals surface area contributed by atoms with Crippen LogP contribution < -0.4 is 5.32 Å². The highest BCUT2D eigenvalue weighted by Crippen LogP contribution is 2.28. The molecule has 0 fully saturated rings. The molecule has 0 saturated carbocycles. The van der Waals surface area contributed by atoms with Crippen molar-refractivity contribution in [3.05, 3.63) is 53.4 Å². The Labute approximate surface area is 162 Å². The number of para-hydroxylation sites is 1. The summed E-state index contributed by atoms with van der Waals surface area (Å²) < 4.78 is 5.45. The molecule has 1 N–H and O–H groups in total. The van der Waals surface area contributed by atoms with Crippen molar-refractivity contribution in [1.82, 2.24) is 10.3 Å². The van der Waals surface area contributed by atoms with Crippen molar-refractivity contribution in [3.8, 4) is 10.6 Å². The van der Waals surface area contributed by atoms with Crippen LogP contribution in [0.5, 0.6) is 0 Å². The van der Waals surface area contributed by atoms with Gasteiger partial charge in [0.15, 0.2) is 6.10 Å². The molecule has 0 bridgehead atoms. The molecule has 1 amide bonds. The first kappa shape index (κ1) is 19.0. The van der Waals surface area contributed by atoms with Crippen molar-refractivity contribution >= 4 is 34.1 Å². The fourth-order valence-corrected chi connectivity index (χ4v) is 3.33. The molecular formula is C21H22N2O3S. The SMILES string of the molecule is C[C@H](OC(=O)c1cc(-c2cccs2)nc2ccccc12)C(=O)NC(C)(C)C. The highest BCUT2D eigenvalue weighted by Gasteiger charge is 2.24. The van der Waals surface area contributed by atoms with Gasteiger partial charge in [-0.05, 0) is 51.3 Å². The maximum Gasteiger partial charge on any atom is 0.339 e. The van der Waals surface area contributed by atoms with Gasteiger partial charge in [-0.1, -0.05) is 24.3 Å². The molecule has 0 radical (unpaired) electrons. The number of pyridine rings is 1. The normalized spacial score (nSPS) is 12.6. The van der Waals surface area contributed by atoms with E-state index < -0.39 is 17.6 Å². The Bertz CT molecular complexity index is 975. The van der Waals surface area contributed by atoms with Crippen LogP contribution in [-0.4, -0.2) is 28.5 Å². The van der Waals surface area contributed by atoms with Crippen molar-refractivity contribution in [2.75, 3.05) is 0 Å². The average molecular weight is 382 g/mol. The molecule has 140 valence electrons. The largest absolute Gasteiger partial charge is 0.449 e. The number of ether oxygens (including phenoxy) is 1. The molecule has 0 unspecified atom stereocenters. The van der Waals surface area contributed by atoms with E-state index in [1.54, 1.807) is 24.3 Å². The lowest BCUT2D eigenvalue weighted by molar-refractivity contribution is -0.130. The second-order valence-electron chi connectivity index (χ2n) is 7.34. The number of benzene rings is 1. The van der Waals surface area contributed by atoms with Gasteiger partial charge >= 0.3 is 5.97 Å². The monoisotopic (exact) mass is 382 g/mol. The van der Waals surface area contributed by atoms with Crippen LogP contribution in [0.4, 0.5) is 0 Å². The number of rotatable bonds is 4. The molecule has 27 heavy (non-hydrogen) atoms. The highest BCUT2D eigenvalue weighted by atomic mass is 32.1. The molecule has 0 aliphatic rings. The topological polar surface area (TPSA) is 68.3 Å². The summed E-state index contributed by atoms with van der Waals surface area (Å²) in [6, 6.07) is 13.0. The van der Waals surface area contributed by atoms with Gasteiger partial charge in [0.1, 0.15) is 0 Å². The predicted octanol–water partition coefficient (Wildman–Crippen LogP) is 4.42. The van der Waals surface area contributed by atoms with Gasteiger partial charge in [0.05, 0.1) is 21.7 Å². The fraction of sp³-hybridized carbons (Fsp3) is 0.286. The summed E-state index contributed by atoms with van der Waals surface area (Å²) in [7, 11) is 0. The van der Waals surface area contributed by atoms with E-state index in [0.29, 0.717) is 22.2 Å². The van der Waals surface area contributed by atoms with Gasteiger partial charge in [-0.3, -0.25) is 4.79 Å². The zero-order chi connectivity index (χ0) is 19.6. The van der Waals surface area contributed by atoms with Crippen LogP contribution in [0.3, 0.4) is 0 Å². The van der Waals surface area contributed by atoms with E-state index in [9.17, 15) is 9.59 Å². The second-order valence-corrected chi connectivity index (χ2v) is 8.28. The van der Waals surface area contributed by atoms with Crippen molar-refractivity contribution < 1.29 is 14.3 Å². The van der Waals surface area contributed by atoms with E-state index in [2.05, 4.69) is 10.3 Å². The van der Waals surface area contributed by atoms with Crippen LogP contribution in [0.2, 0.25) is 0 Å². The van der Waals surface area contributed by atoms with E-state index in [1.165, 1.54) is 0 Å². The highest BCUT2D eigenvalue weighted by molar-refractivity contribution is 7.13. The lowest BCUT2D eigenvalue weighted by Gasteiger charge is -2.23. The van der Waals surface area contributed by atoms with Crippen LogP contribution in [0, 0.1) is 0 Å². The molecule has 2 aromatic heterocycles. The van der Waals surface area contributed by atoms with E-state index in [1.807, 2.05) is 62.5 Å². The third-order valence-electron chi connectivity index (χ3n) is 3.86. The summed E-state index contributed by atoms with van der Waals surface area (Å²) >= 11 is 1.55. The molecule has 5 nitrogen and oxygen atoms in total. The van der Waals surface area contributed by atoms with E-state index in [0.717, 1.165) is 4.88 Å². The standard InChI is InChI=1S/C21H22N2O3S/c1-13(19(24)23-21(2,3)4)26-20(25)15-12-17(18-10-7-11-27-18)22-16-9-6-5-8-14(15)16/h5-13H,1-4H3,(H,23,24)/t13-/m0/s1. The molecular weight excluding hydrogens is 360 g/mol. The number of esters is 1. The van der Waals surface area contributed by atoms with Gasteiger partial charge in [0.2, 0.25) is 0 Å². The van der Waals surface area contributed by atoms with Crippen LogP contribution in [0.25, 0.3) is 21.5 Å². The Kier molecular flexibility index (Phi) is 5.28. The average Bonchev–Trinajstić information content (AvgIpc) is 3.13. The zero-order valence-corrected chi connectivity index (χ0v) is 16.6. The molecule has 1 atom stereocenters. The van der Waals surface area contributed by atoms with Crippen molar-refractivity contribution in [2.45, 2.75) is 39.3 Å². The molecule has 1 aromatic carbocycles. The second kappa shape index (κ2) is 7.48. The van der Waals surface area contributed by atoms with Crippen LogP contribution in [-0.2, 0) is 9.53 Å². The number of carbonyl (C=O) groups is 2. The Morgan fingerprint density at radius 2 is 1.89 bits per heavy atom. The van der Waals surface area contributed by atoms with Crippen molar-refractivity contribution in [3.63, 3.8) is 0 Å². The molecule has 2 heterocycles. The van der Waals surface area contributed by atoms with E-state index in [4.69, 9.17) is 4.74 Å². The van der Waals surface area contributed by atoms with Crippen molar-refractivity contribution in [1.29, 1.82) is 0 Å². The molecule has 0 aliphatic carbocycles. The first-order valence-corrected chi connectivity index (χ1v) is 9.59. The summed E-state index contributed by atoms with van der Waals surface area (Å²) in [5.74, 6) is -0.865. The number of hydrogen-bond donors (Lipinski definition) is 1. The summed E-state index contributed by atoms with van der Waals surface area (Å²) in [6.07, 6.45) is -0.895. The molecule has 0 aliphatic heterocycles. The Morgan fingerprint density at radius 3 is 2.56 bits per heavy atom. The third kappa shape index (κ3) is 4.52. The summed E-state index contributed by atoms with van der Waals surface area (Å²) in [5, 5.41) is 5.48. The molecule has 0 saturated heterocycles. The van der Waals surface area contributed by atoms with Crippen LogP contribution in [0.15, 0.2) is 47.8 Å². The summed E-state index contributed by atoms with van der Waals surface area (Å²) in [6.45, 7) is 7.21. The molecule has 3 aromatic rings. The number of fused-ring (bicyclic) bond motifs is 1. The quantitative estimate of drug-likeness (QED) is 0.678. The number of hydrogen-bond acceptors (Lipinski definition) is 5. The maximum absolute atomic E-state index is 12.8. The van der Waals surface area contributed by atoms with Crippen molar-refractivity contribution in [2.24, 2.45) is 0 Å². The Morgan fingerprint density at radius 1 is 1.15 bits per heavy atom. The lowest BCUT2D eigenvalue weighted by atomic mass is 10.1. The summed E-state index contributed by atoms with van der Waals surface area (Å²) in [5.41, 5.74) is 1.43. The fourth-order valence-electron chi connectivity index (χ4n) is 2.64. The minimum Gasteiger partial charge on any atom is -0.449 e. The smallest absolute Gasteiger partial charge is 0.339 e. The van der Waals surface area contributed by atoms with Gasteiger partial charge in [-0.25, -0.2) is 9.78 Å². The van der Waals surface area contributed by atoms with Crippen LogP contribution >= 0.6 is 11.3 Å². The van der Waals surface area contributed by atoms with Gasteiger partial charge in [0.25, 0.3) is 5.91 Å². The third-order valence-corrected chi connectivity index (χ3v) is 4.75. The predicted molar refractivity (Wildman–Crippen MR) is 108 cm³/mol. The van der Waals surface area contributed by atoms with Gasteiger partial charge in [0, 0.05) is 10.9 Å². The molecule has 0 spiro atoms. The first-order chi connectivity index (χ1) is 12.7. The van der Waals surface area contributed by atoms with Crippen LogP contribution in [0.1, 0.15) is 38.1 Å². The van der Waals surface area contributed by atoms with Gasteiger partial charge < -0.3 is 10.1 Å². The number of amides is 1. The minimum atomic E-state index is -0.895. The number of nitrogens with one attached hydrogen (secondary N) is 1. The summed E-state index contributed by atoms with van der Waals surface area (Å²) in [4.78, 5) is 30.7. The number of carbonyl (C=O) groups excluding carboxylic acids is 2. The van der Waals surface area contributed by atoms with E-state index in [-0.39, 0.29) is 5.91 Å². The van der Waals surface area contributed by atoms with Gasteiger partial charge in [-0.2, -0.15) is 0 Å². The van der Waals surface area contributed by atoms with Gasteiger partial charge in [-0.15, -0.1) is 11.3 Å². The number of thiophene rings is 1.